The first-order chi connectivity index (χ1) is 10.5. The lowest BCUT2D eigenvalue weighted by Gasteiger charge is -2.28. The highest BCUT2D eigenvalue weighted by Gasteiger charge is 2.30. The van der Waals surface area contributed by atoms with Crippen molar-refractivity contribution in [1.29, 1.82) is 0 Å². The summed E-state index contributed by atoms with van der Waals surface area (Å²) in [6, 6.07) is 12.7. The fourth-order valence-electron chi connectivity index (χ4n) is 2.09. The smallest absolute Gasteiger partial charge is 0.129 e. The first-order valence-electron chi connectivity index (χ1n) is 6.87. The zero-order valence-electron chi connectivity index (χ0n) is 12.1. The van der Waals surface area contributed by atoms with Crippen molar-refractivity contribution in [1.82, 2.24) is 0 Å². The molecule has 0 aliphatic heterocycles. The van der Waals surface area contributed by atoms with Crippen LogP contribution in [0.3, 0.4) is 0 Å². The molecule has 0 heterocycles. The van der Waals surface area contributed by atoms with E-state index in [2.05, 4.69) is 0 Å². The summed E-state index contributed by atoms with van der Waals surface area (Å²) < 4.78 is 19.1. The van der Waals surface area contributed by atoms with Crippen LogP contribution in [0.25, 0.3) is 0 Å². The van der Waals surface area contributed by atoms with E-state index in [1.165, 1.54) is 13.0 Å². The lowest BCUT2D eigenvalue weighted by atomic mass is 9.91. The van der Waals surface area contributed by atoms with Crippen molar-refractivity contribution in [2.75, 3.05) is 0 Å². The SMILES string of the molecule is CCC(O)(C(=O)[O-])c1cc(F)cc(OCc2ccccc2)c1. The number of hydrogen-bond acceptors (Lipinski definition) is 4. The normalized spacial score (nSPS) is 13.4. The molecule has 0 radical (unpaired) electrons. The van der Waals surface area contributed by atoms with Gasteiger partial charge in [0.05, 0.1) is 5.97 Å². The van der Waals surface area contributed by atoms with Gasteiger partial charge in [-0.2, -0.15) is 0 Å². The maximum absolute atomic E-state index is 13.7. The van der Waals surface area contributed by atoms with Crippen molar-refractivity contribution < 1.29 is 24.1 Å². The van der Waals surface area contributed by atoms with E-state index in [1.807, 2.05) is 30.3 Å². The second kappa shape index (κ2) is 6.58. The Labute approximate surface area is 127 Å². The summed E-state index contributed by atoms with van der Waals surface area (Å²) in [7, 11) is 0. The van der Waals surface area contributed by atoms with Gasteiger partial charge in [-0.1, -0.05) is 37.3 Å². The van der Waals surface area contributed by atoms with Gasteiger partial charge in [0.25, 0.3) is 0 Å². The Kier molecular flexibility index (Phi) is 4.78. The van der Waals surface area contributed by atoms with Crippen molar-refractivity contribution in [3.05, 3.63) is 65.5 Å². The van der Waals surface area contributed by atoms with E-state index in [4.69, 9.17) is 4.74 Å². The first-order valence-corrected chi connectivity index (χ1v) is 6.87. The van der Waals surface area contributed by atoms with Gasteiger partial charge >= 0.3 is 0 Å². The van der Waals surface area contributed by atoms with Crippen molar-refractivity contribution >= 4 is 5.97 Å². The molecule has 4 nitrogen and oxygen atoms in total. The van der Waals surface area contributed by atoms with E-state index < -0.39 is 17.4 Å². The Morgan fingerprint density at radius 3 is 2.55 bits per heavy atom. The fourth-order valence-corrected chi connectivity index (χ4v) is 2.09. The van der Waals surface area contributed by atoms with Crippen LogP contribution in [0.5, 0.6) is 5.75 Å². The van der Waals surface area contributed by atoms with Crippen molar-refractivity contribution in [3.8, 4) is 5.75 Å². The number of benzene rings is 2. The van der Waals surface area contributed by atoms with Gasteiger partial charge in [-0.15, -0.1) is 0 Å². The van der Waals surface area contributed by atoms with Gasteiger partial charge in [0.2, 0.25) is 0 Å². The summed E-state index contributed by atoms with van der Waals surface area (Å²) in [5.41, 5.74) is -1.45. The molecular formula is C17H16FO4-. The molecule has 1 N–H and O–H groups in total. The maximum atomic E-state index is 13.7. The Balaban J connectivity index is 2.25. The number of rotatable bonds is 6. The molecule has 0 saturated carbocycles. The number of ether oxygens (including phenoxy) is 1. The second-order valence-electron chi connectivity index (χ2n) is 4.95. The molecular weight excluding hydrogens is 287 g/mol. The molecule has 2 aromatic carbocycles. The molecule has 0 bridgehead atoms. The van der Waals surface area contributed by atoms with Crippen LogP contribution in [0.4, 0.5) is 4.39 Å². The van der Waals surface area contributed by atoms with E-state index >= 15 is 0 Å². The number of aliphatic carboxylic acids is 1. The lowest BCUT2D eigenvalue weighted by molar-refractivity contribution is -0.326. The number of hydrogen-bond donors (Lipinski definition) is 1. The third-order valence-electron chi connectivity index (χ3n) is 3.45. The molecule has 0 saturated heterocycles. The Morgan fingerprint density at radius 1 is 1.27 bits per heavy atom. The summed E-state index contributed by atoms with van der Waals surface area (Å²) in [6.07, 6.45) is -0.142. The van der Waals surface area contributed by atoms with Gasteiger partial charge in [-0.25, -0.2) is 4.39 Å². The second-order valence-corrected chi connectivity index (χ2v) is 4.95. The Morgan fingerprint density at radius 2 is 1.95 bits per heavy atom. The number of halogens is 1. The molecule has 0 fully saturated rings. The van der Waals surface area contributed by atoms with Crippen molar-refractivity contribution in [2.24, 2.45) is 0 Å². The molecule has 1 atom stereocenters. The molecule has 22 heavy (non-hydrogen) atoms. The quantitative estimate of drug-likeness (QED) is 0.882. The first kappa shape index (κ1) is 16.0. The molecule has 2 rings (SSSR count). The average Bonchev–Trinajstić information content (AvgIpc) is 2.52. The molecule has 0 spiro atoms. The molecule has 5 heteroatoms. The number of carbonyl (C=O) groups is 1. The minimum atomic E-state index is -2.24. The summed E-state index contributed by atoms with van der Waals surface area (Å²) in [6.45, 7) is 1.69. The van der Waals surface area contributed by atoms with Crippen molar-refractivity contribution in [3.63, 3.8) is 0 Å². The molecule has 1 unspecified atom stereocenters. The van der Waals surface area contributed by atoms with Gasteiger partial charge in [0.15, 0.2) is 0 Å². The Hall–Kier alpha value is -2.40. The standard InChI is InChI=1S/C17H17FO4/c1-2-17(21,16(19)20)13-8-14(18)10-15(9-13)22-11-12-6-4-3-5-7-12/h3-10,21H,2,11H2,1H3,(H,19,20)/p-1. The highest BCUT2D eigenvalue weighted by molar-refractivity contribution is 5.77. The number of carbonyl (C=O) groups excluding carboxylic acids is 1. The van der Waals surface area contributed by atoms with E-state index in [0.29, 0.717) is 0 Å². The topological polar surface area (TPSA) is 69.6 Å². The van der Waals surface area contributed by atoms with Crippen LogP contribution in [0.15, 0.2) is 48.5 Å². The summed E-state index contributed by atoms with van der Waals surface area (Å²) >= 11 is 0. The van der Waals surface area contributed by atoms with Crippen LogP contribution < -0.4 is 9.84 Å². The Bertz CT molecular complexity index is 657. The monoisotopic (exact) mass is 303 g/mol. The number of carboxylic acids is 1. The van der Waals surface area contributed by atoms with Crippen LogP contribution >= 0.6 is 0 Å². The third kappa shape index (κ3) is 3.43. The average molecular weight is 303 g/mol. The molecule has 116 valence electrons. The zero-order chi connectivity index (χ0) is 16.2. The van der Waals surface area contributed by atoms with Gasteiger partial charge in [0.1, 0.15) is 23.8 Å². The van der Waals surface area contributed by atoms with Gasteiger partial charge < -0.3 is 19.7 Å². The largest absolute Gasteiger partial charge is 0.547 e. The van der Waals surface area contributed by atoms with Crippen molar-refractivity contribution in [2.45, 2.75) is 25.6 Å². The predicted octanol–water partition coefficient (Wildman–Crippen LogP) is 1.75. The molecule has 0 aromatic heterocycles. The summed E-state index contributed by atoms with van der Waals surface area (Å²) in [5.74, 6) is -2.21. The molecule has 0 aliphatic rings. The van der Waals surface area contributed by atoms with Gasteiger partial charge in [0, 0.05) is 6.07 Å². The van der Waals surface area contributed by atoms with Gasteiger partial charge in [-0.3, -0.25) is 0 Å². The van der Waals surface area contributed by atoms with Gasteiger partial charge in [-0.05, 0) is 29.7 Å². The predicted molar refractivity (Wildman–Crippen MR) is 76.4 cm³/mol. The third-order valence-corrected chi connectivity index (χ3v) is 3.45. The van der Waals surface area contributed by atoms with E-state index in [0.717, 1.165) is 17.7 Å². The molecule has 0 amide bonds. The van der Waals surface area contributed by atoms with E-state index in [1.54, 1.807) is 0 Å². The fraction of sp³-hybridized carbons (Fsp3) is 0.235. The van der Waals surface area contributed by atoms with Crippen LogP contribution in [0.1, 0.15) is 24.5 Å². The van der Waals surface area contributed by atoms with E-state index in [9.17, 15) is 19.4 Å². The van der Waals surface area contributed by atoms with E-state index in [-0.39, 0.29) is 24.3 Å². The lowest BCUT2D eigenvalue weighted by Crippen LogP contribution is -2.45. The maximum Gasteiger partial charge on any atom is 0.129 e. The minimum absolute atomic E-state index is 0.0990. The highest BCUT2D eigenvalue weighted by atomic mass is 19.1. The van der Waals surface area contributed by atoms with Crippen LogP contribution in [0, 0.1) is 5.82 Å². The highest BCUT2D eigenvalue weighted by Crippen LogP contribution is 2.29. The summed E-state index contributed by atoms with van der Waals surface area (Å²) in [4.78, 5) is 11.1. The van der Waals surface area contributed by atoms with Crippen LogP contribution in [0.2, 0.25) is 0 Å². The molecule has 2 aromatic rings. The number of carboxylic acid groups (broad SMARTS) is 1. The number of aliphatic hydroxyl groups is 1. The zero-order valence-corrected chi connectivity index (χ0v) is 12.1. The van der Waals surface area contributed by atoms with Crippen LogP contribution in [-0.2, 0) is 17.0 Å². The summed E-state index contributed by atoms with van der Waals surface area (Å²) in [5, 5.41) is 21.2. The molecule has 0 aliphatic carbocycles. The van der Waals surface area contributed by atoms with Crippen LogP contribution in [-0.4, -0.2) is 11.1 Å². The minimum Gasteiger partial charge on any atom is -0.547 e.